The third-order valence-electron chi connectivity index (χ3n) is 3.97. The average molecular weight is 277 g/mol. The summed E-state index contributed by atoms with van der Waals surface area (Å²) >= 11 is 0. The molecule has 0 aliphatic heterocycles. The second kappa shape index (κ2) is 7.09. The maximum Gasteiger partial charge on any atom is 0.119 e. The quantitative estimate of drug-likeness (QED) is 0.860. The lowest BCUT2D eigenvalue weighted by molar-refractivity contribution is 0.0820. The van der Waals surface area contributed by atoms with E-state index in [4.69, 9.17) is 9.47 Å². The molecule has 3 heteroatoms. The van der Waals surface area contributed by atoms with Crippen molar-refractivity contribution >= 4 is 0 Å². The molecule has 0 spiro atoms. The van der Waals surface area contributed by atoms with Crippen LogP contribution in [0.4, 0.5) is 0 Å². The zero-order valence-corrected chi connectivity index (χ0v) is 13.1. The molecule has 3 nitrogen and oxygen atoms in total. The van der Waals surface area contributed by atoms with Gasteiger partial charge in [0, 0.05) is 19.2 Å². The monoisotopic (exact) mass is 277 g/mol. The molecule has 0 amide bonds. The SMILES string of the molecule is COC1CCCC1NC(C)c1ccc(OC(C)C)cc1. The molecule has 1 saturated carbocycles. The van der Waals surface area contributed by atoms with Gasteiger partial charge in [0.05, 0.1) is 12.2 Å². The number of benzene rings is 1. The maximum absolute atomic E-state index is 5.68. The van der Waals surface area contributed by atoms with Gasteiger partial charge >= 0.3 is 0 Å². The largest absolute Gasteiger partial charge is 0.491 e. The maximum atomic E-state index is 5.68. The van der Waals surface area contributed by atoms with Crippen molar-refractivity contribution in [1.29, 1.82) is 0 Å². The van der Waals surface area contributed by atoms with Crippen molar-refractivity contribution in [1.82, 2.24) is 5.32 Å². The Morgan fingerprint density at radius 1 is 1.10 bits per heavy atom. The predicted octanol–water partition coefficient (Wildman–Crippen LogP) is 3.69. The van der Waals surface area contributed by atoms with Gasteiger partial charge in [-0.3, -0.25) is 0 Å². The second-order valence-corrected chi connectivity index (χ2v) is 5.94. The molecule has 3 atom stereocenters. The van der Waals surface area contributed by atoms with Crippen molar-refractivity contribution < 1.29 is 9.47 Å². The van der Waals surface area contributed by atoms with Crippen LogP contribution in [0, 0.1) is 0 Å². The highest BCUT2D eigenvalue weighted by molar-refractivity contribution is 5.29. The zero-order chi connectivity index (χ0) is 14.5. The van der Waals surface area contributed by atoms with Crippen LogP contribution in [0.25, 0.3) is 0 Å². The fraction of sp³-hybridized carbons (Fsp3) is 0.647. The summed E-state index contributed by atoms with van der Waals surface area (Å²) in [7, 11) is 1.81. The first kappa shape index (κ1) is 15.3. The summed E-state index contributed by atoms with van der Waals surface area (Å²) < 4.78 is 11.2. The average Bonchev–Trinajstić information content (AvgIpc) is 2.86. The number of ether oxygens (including phenoxy) is 2. The molecular weight excluding hydrogens is 250 g/mol. The van der Waals surface area contributed by atoms with E-state index < -0.39 is 0 Å². The zero-order valence-electron chi connectivity index (χ0n) is 13.1. The molecule has 0 heterocycles. The van der Waals surface area contributed by atoms with Crippen molar-refractivity contribution in [2.45, 2.75) is 64.3 Å². The molecule has 112 valence electrons. The summed E-state index contributed by atoms with van der Waals surface area (Å²) in [5.74, 6) is 0.937. The molecule has 20 heavy (non-hydrogen) atoms. The minimum Gasteiger partial charge on any atom is -0.491 e. The smallest absolute Gasteiger partial charge is 0.119 e. The number of rotatable bonds is 6. The van der Waals surface area contributed by atoms with Crippen molar-refractivity contribution in [2.75, 3.05) is 7.11 Å². The number of nitrogens with one attached hydrogen (secondary N) is 1. The molecule has 0 saturated heterocycles. The number of hydrogen-bond acceptors (Lipinski definition) is 3. The Balaban J connectivity index is 1.93. The Morgan fingerprint density at radius 2 is 1.80 bits per heavy atom. The van der Waals surface area contributed by atoms with Crippen LogP contribution in [0.15, 0.2) is 24.3 Å². The molecule has 3 unspecified atom stereocenters. The van der Waals surface area contributed by atoms with Gasteiger partial charge in [-0.15, -0.1) is 0 Å². The fourth-order valence-electron chi connectivity index (χ4n) is 2.92. The Kier molecular flexibility index (Phi) is 5.44. The Morgan fingerprint density at radius 3 is 2.40 bits per heavy atom. The highest BCUT2D eigenvalue weighted by atomic mass is 16.5. The summed E-state index contributed by atoms with van der Waals surface area (Å²) in [4.78, 5) is 0. The van der Waals surface area contributed by atoms with E-state index in [0.29, 0.717) is 18.2 Å². The first-order chi connectivity index (χ1) is 9.60. The van der Waals surface area contributed by atoms with E-state index in [2.05, 4.69) is 36.5 Å². The minimum absolute atomic E-state index is 0.220. The van der Waals surface area contributed by atoms with E-state index in [9.17, 15) is 0 Å². The van der Waals surface area contributed by atoms with Gasteiger partial charge in [-0.25, -0.2) is 0 Å². The summed E-state index contributed by atoms with van der Waals surface area (Å²) in [6.45, 7) is 6.30. The Hall–Kier alpha value is -1.06. The van der Waals surface area contributed by atoms with Gasteiger partial charge in [0.25, 0.3) is 0 Å². The molecular formula is C17H27NO2. The standard InChI is InChI=1S/C17H27NO2/c1-12(2)20-15-10-8-14(9-11-15)13(3)18-16-6-5-7-17(16)19-4/h8-13,16-18H,5-7H2,1-4H3. The van der Waals surface area contributed by atoms with Crippen LogP contribution in [0.2, 0.25) is 0 Å². The minimum atomic E-state index is 0.220. The van der Waals surface area contributed by atoms with Gasteiger partial charge in [0.1, 0.15) is 5.75 Å². The first-order valence-electron chi connectivity index (χ1n) is 7.65. The van der Waals surface area contributed by atoms with Gasteiger partial charge in [0.15, 0.2) is 0 Å². The van der Waals surface area contributed by atoms with E-state index in [0.717, 1.165) is 5.75 Å². The summed E-state index contributed by atoms with van der Waals surface area (Å²) in [5.41, 5.74) is 1.29. The molecule has 1 aromatic carbocycles. The van der Waals surface area contributed by atoms with Crippen LogP contribution in [0.5, 0.6) is 5.75 Å². The van der Waals surface area contributed by atoms with Gasteiger partial charge < -0.3 is 14.8 Å². The lowest BCUT2D eigenvalue weighted by atomic mass is 10.1. The molecule has 0 aromatic heterocycles. The predicted molar refractivity (Wildman–Crippen MR) is 82.2 cm³/mol. The number of methoxy groups -OCH3 is 1. The Bertz CT molecular complexity index is 402. The highest BCUT2D eigenvalue weighted by Gasteiger charge is 2.28. The molecule has 2 rings (SSSR count). The van der Waals surface area contributed by atoms with Gasteiger partial charge in [-0.05, 0) is 57.7 Å². The fourth-order valence-corrected chi connectivity index (χ4v) is 2.92. The number of hydrogen-bond donors (Lipinski definition) is 1. The Labute approximate surface area is 122 Å². The summed E-state index contributed by atoms with van der Waals surface area (Å²) in [6, 6.07) is 9.20. The van der Waals surface area contributed by atoms with E-state index in [1.165, 1.54) is 24.8 Å². The van der Waals surface area contributed by atoms with Gasteiger partial charge in [-0.2, -0.15) is 0 Å². The second-order valence-electron chi connectivity index (χ2n) is 5.94. The summed E-state index contributed by atoms with van der Waals surface area (Å²) in [6.07, 6.45) is 4.21. The van der Waals surface area contributed by atoms with Crippen molar-refractivity contribution in [3.8, 4) is 5.75 Å². The van der Waals surface area contributed by atoms with Crippen LogP contribution < -0.4 is 10.1 Å². The third-order valence-corrected chi connectivity index (χ3v) is 3.97. The van der Waals surface area contributed by atoms with Crippen LogP contribution in [0.3, 0.4) is 0 Å². The molecule has 0 bridgehead atoms. The highest BCUT2D eigenvalue weighted by Crippen LogP contribution is 2.25. The lowest BCUT2D eigenvalue weighted by Crippen LogP contribution is -2.38. The van der Waals surface area contributed by atoms with E-state index in [-0.39, 0.29) is 6.10 Å². The summed E-state index contributed by atoms with van der Waals surface area (Å²) in [5, 5.41) is 3.69. The van der Waals surface area contributed by atoms with Crippen LogP contribution in [-0.4, -0.2) is 25.4 Å². The molecule has 0 radical (unpaired) electrons. The third kappa shape index (κ3) is 3.97. The topological polar surface area (TPSA) is 30.5 Å². The van der Waals surface area contributed by atoms with Crippen LogP contribution in [-0.2, 0) is 4.74 Å². The van der Waals surface area contributed by atoms with E-state index >= 15 is 0 Å². The first-order valence-corrected chi connectivity index (χ1v) is 7.65. The van der Waals surface area contributed by atoms with E-state index in [1.807, 2.05) is 21.0 Å². The molecule has 1 aliphatic carbocycles. The van der Waals surface area contributed by atoms with Crippen LogP contribution >= 0.6 is 0 Å². The van der Waals surface area contributed by atoms with Crippen LogP contribution in [0.1, 0.15) is 51.6 Å². The van der Waals surface area contributed by atoms with Crippen molar-refractivity contribution in [2.24, 2.45) is 0 Å². The van der Waals surface area contributed by atoms with Crippen molar-refractivity contribution in [3.63, 3.8) is 0 Å². The molecule has 1 fully saturated rings. The normalized spacial score (nSPS) is 24.1. The van der Waals surface area contributed by atoms with E-state index in [1.54, 1.807) is 0 Å². The molecule has 1 aromatic rings. The van der Waals surface area contributed by atoms with Crippen molar-refractivity contribution in [3.05, 3.63) is 29.8 Å². The van der Waals surface area contributed by atoms with Gasteiger partial charge in [-0.1, -0.05) is 12.1 Å². The molecule has 1 aliphatic rings. The molecule has 1 N–H and O–H groups in total. The van der Waals surface area contributed by atoms with Gasteiger partial charge in [0.2, 0.25) is 0 Å². The lowest BCUT2D eigenvalue weighted by Gasteiger charge is -2.24.